The molecule has 4 rings (SSSR count). The van der Waals surface area contributed by atoms with Gasteiger partial charge in [-0.1, -0.05) is 78.9 Å². The summed E-state index contributed by atoms with van der Waals surface area (Å²) in [5, 5.41) is 9.86. The number of hydrogen-bond acceptors (Lipinski definition) is 2. The van der Waals surface area contributed by atoms with Gasteiger partial charge in [0.25, 0.3) is 0 Å². The Labute approximate surface area is 165 Å². The second-order valence-electron chi connectivity index (χ2n) is 7.22. The molecule has 0 heterocycles. The van der Waals surface area contributed by atoms with Crippen LogP contribution < -0.4 is 0 Å². The van der Waals surface area contributed by atoms with Crippen molar-refractivity contribution >= 4 is 11.7 Å². The maximum atomic E-state index is 12.0. The lowest BCUT2D eigenvalue weighted by Gasteiger charge is -2.14. The van der Waals surface area contributed by atoms with Gasteiger partial charge in [-0.25, -0.2) is 4.79 Å². The SMILES string of the molecule is O=C(O)[C@H](Cc1ccc2c(c1)CCC2)N=C(c1ccccc1)c1ccccc1. The number of carboxylic acid groups (broad SMARTS) is 1. The highest BCUT2D eigenvalue weighted by atomic mass is 16.4. The van der Waals surface area contributed by atoms with Crippen molar-refractivity contribution in [1.82, 2.24) is 0 Å². The van der Waals surface area contributed by atoms with Crippen LogP contribution in [0.1, 0.15) is 34.2 Å². The Kier molecular flexibility index (Phi) is 5.34. The van der Waals surface area contributed by atoms with E-state index in [4.69, 9.17) is 4.99 Å². The molecule has 1 N–H and O–H groups in total. The first-order chi connectivity index (χ1) is 13.7. The predicted octanol–water partition coefficient (Wildman–Crippen LogP) is 4.71. The summed E-state index contributed by atoms with van der Waals surface area (Å²) in [5.74, 6) is -0.898. The number of aliphatic imine (C=N–C) groups is 1. The Morgan fingerprint density at radius 3 is 2.07 bits per heavy atom. The smallest absolute Gasteiger partial charge is 0.328 e. The molecule has 28 heavy (non-hydrogen) atoms. The molecule has 3 nitrogen and oxygen atoms in total. The molecule has 1 atom stereocenters. The molecule has 0 amide bonds. The molecule has 0 aromatic heterocycles. The van der Waals surface area contributed by atoms with E-state index in [1.165, 1.54) is 17.5 Å². The van der Waals surface area contributed by atoms with E-state index in [0.717, 1.165) is 35.2 Å². The number of aryl methyl sites for hydroxylation is 2. The standard InChI is InChI=1S/C25H23NO2/c27-25(28)23(17-18-14-15-19-12-7-13-22(19)16-18)26-24(20-8-3-1-4-9-20)21-10-5-2-6-11-21/h1-6,8-11,14-16,23H,7,12-13,17H2,(H,27,28)/t23-/m0/s1. The van der Waals surface area contributed by atoms with Crippen molar-refractivity contribution < 1.29 is 9.90 Å². The van der Waals surface area contributed by atoms with Gasteiger partial charge < -0.3 is 5.11 Å². The summed E-state index contributed by atoms with van der Waals surface area (Å²) in [6.45, 7) is 0. The summed E-state index contributed by atoms with van der Waals surface area (Å²) in [5.41, 5.74) is 6.36. The molecule has 0 saturated heterocycles. The molecule has 1 aliphatic carbocycles. The van der Waals surface area contributed by atoms with Gasteiger partial charge in [-0.3, -0.25) is 4.99 Å². The quantitative estimate of drug-likeness (QED) is 0.640. The second-order valence-corrected chi connectivity index (χ2v) is 7.22. The van der Waals surface area contributed by atoms with Crippen LogP contribution in [0, 0.1) is 0 Å². The highest BCUT2D eigenvalue weighted by Crippen LogP contribution is 2.24. The summed E-state index contributed by atoms with van der Waals surface area (Å²) in [4.78, 5) is 16.8. The zero-order chi connectivity index (χ0) is 19.3. The minimum absolute atomic E-state index is 0.395. The number of rotatable bonds is 6. The summed E-state index contributed by atoms with van der Waals surface area (Å²) in [6, 6.07) is 25.1. The van der Waals surface area contributed by atoms with E-state index >= 15 is 0 Å². The second kappa shape index (κ2) is 8.22. The van der Waals surface area contributed by atoms with Crippen molar-refractivity contribution in [2.24, 2.45) is 4.99 Å². The predicted molar refractivity (Wildman–Crippen MR) is 112 cm³/mol. The van der Waals surface area contributed by atoms with Crippen LogP contribution in [-0.2, 0) is 24.1 Å². The van der Waals surface area contributed by atoms with E-state index in [-0.39, 0.29) is 0 Å². The van der Waals surface area contributed by atoms with Gasteiger partial charge in [0.2, 0.25) is 0 Å². The average molecular weight is 369 g/mol. The number of hydrogen-bond donors (Lipinski definition) is 1. The molecule has 140 valence electrons. The fourth-order valence-electron chi connectivity index (χ4n) is 3.83. The van der Waals surface area contributed by atoms with Gasteiger partial charge in [0.05, 0.1) is 5.71 Å². The van der Waals surface area contributed by atoms with Gasteiger partial charge in [0, 0.05) is 17.5 Å². The molecule has 0 unspecified atom stereocenters. The van der Waals surface area contributed by atoms with E-state index < -0.39 is 12.0 Å². The number of nitrogens with zero attached hydrogens (tertiary/aromatic N) is 1. The third-order valence-electron chi connectivity index (χ3n) is 5.26. The molecule has 0 radical (unpaired) electrons. The Morgan fingerprint density at radius 2 is 1.46 bits per heavy atom. The average Bonchev–Trinajstić information content (AvgIpc) is 3.20. The molecule has 0 bridgehead atoms. The van der Waals surface area contributed by atoms with Crippen molar-refractivity contribution in [3.8, 4) is 0 Å². The molecule has 3 heteroatoms. The fourth-order valence-corrected chi connectivity index (χ4v) is 3.83. The Balaban J connectivity index is 1.70. The first-order valence-corrected chi connectivity index (χ1v) is 9.73. The largest absolute Gasteiger partial charge is 0.480 e. The van der Waals surface area contributed by atoms with Gasteiger partial charge in [-0.2, -0.15) is 0 Å². The summed E-state index contributed by atoms with van der Waals surface area (Å²) < 4.78 is 0. The van der Waals surface area contributed by atoms with E-state index in [0.29, 0.717) is 6.42 Å². The van der Waals surface area contributed by atoms with Gasteiger partial charge in [-0.15, -0.1) is 0 Å². The van der Waals surface area contributed by atoms with Crippen LogP contribution in [0.3, 0.4) is 0 Å². The highest BCUT2D eigenvalue weighted by molar-refractivity contribution is 6.13. The van der Waals surface area contributed by atoms with Crippen LogP contribution in [0.15, 0.2) is 83.9 Å². The zero-order valence-corrected chi connectivity index (χ0v) is 15.7. The molecule has 1 aliphatic rings. The molecule has 3 aromatic carbocycles. The van der Waals surface area contributed by atoms with Crippen LogP contribution >= 0.6 is 0 Å². The molecule has 0 fully saturated rings. The monoisotopic (exact) mass is 369 g/mol. The molecular weight excluding hydrogens is 346 g/mol. The lowest BCUT2D eigenvalue weighted by atomic mass is 9.99. The Bertz CT molecular complexity index is 952. The number of carboxylic acids is 1. The Hall–Kier alpha value is -3.20. The van der Waals surface area contributed by atoms with Gasteiger partial charge in [0.1, 0.15) is 0 Å². The van der Waals surface area contributed by atoms with Gasteiger partial charge in [0.15, 0.2) is 6.04 Å². The summed E-state index contributed by atoms with van der Waals surface area (Å²) >= 11 is 0. The van der Waals surface area contributed by atoms with E-state index in [1.807, 2.05) is 60.7 Å². The van der Waals surface area contributed by atoms with Crippen LogP contribution in [0.2, 0.25) is 0 Å². The van der Waals surface area contributed by atoms with E-state index in [9.17, 15) is 9.90 Å². The van der Waals surface area contributed by atoms with Gasteiger partial charge >= 0.3 is 5.97 Å². The first-order valence-electron chi connectivity index (χ1n) is 9.73. The summed E-state index contributed by atoms with van der Waals surface area (Å²) in [6.07, 6.45) is 3.79. The minimum atomic E-state index is -0.898. The van der Waals surface area contributed by atoms with Crippen LogP contribution in [-0.4, -0.2) is 22.8 Å². The molecule has 0 spiro atoms. The van der Waals surface area contributed by atoms with Crippen molar-refractivity contribution in [2.45, 2.75) is 31.7 Å². The topological polar surface area (TPSA) is 49.7 Å². The summed E-state index contributed by atoms with van der Waals surface area (Å²) in [7, 11) is 0. The number of carbonyl (C=O) groups is 1. The van der Waals surface area contributed by atoms with E-state index in [1.54, 1.807) is 0 Å². The minimum Gasteiger partial charge on any atom is -0.480 e. The van der Waals surface area contributed by atoms with Crippen LogP contribution in [0.4, 0.5) is 0 Å². The van der Waals surface area contributed by atoms with Crippen molar-refractivity contribution in [3.05, 3.63) is 107 Å². The lowest BCUT2D eigenvalue weighted by Crippen LogP contribution is -2.23. The highest BCUT2D eigenvalue weighted by Gasteiger charge is 2.20. The molecule has 3 aromatic rings. The van der Waals surface area contributed by atoms with Crippen molar-refractivity contribution in [2.75, 3.05) is 0 Å². The normalized spacial score (nSPS) is 13.6. The zero-order valence-electron chi connectivity index (χ0n) is 15.7. The first kappa shape index (κ1) is 18.2. The van der Waals surface area contributed by atoms with Crippen molar-refractivity contribution in [1.29, 1.82) is 0 Å². The van der Waals surface area contributed by atoms with Crippen LogP contribution in [0.5, 0.6) is 0 Å². The molecular formula is C25H23NO2. The third-order valence-corrected chi connectivity index (χ3v) is 5.26. The molecule has 0 saturated carbocycles. The fraction of sp³-hybridized carbons (Fsp3) is 0.200. The Morgan fingerprint density at radius 1 is 0.857 bits per heavy atom. The van der Waals surface area contributed by atoms with Gasteiger partial charge in [-0.05, 0) is 36.0 Å². The van der Waals surface area contributed by atoms with Crippen LogP contribution in [0.25, 0.3) is 0 Å². The number of aliphatic carboxylic acids is 1. The number of benzene rings is 3. The maximum Gasteiger partial charge on any atom is 0.328 e. The van der Waals surface area contributed by atoms with Crippen molar-refractivity contribution in [3.63, 3.8) is 0 Å². The maximum absolute atomic E-state index is 12.0. The molecule has 0 aliphatic heterocycles. The third kappa shape index (κ3) is 4.04. The van der Waals surface area contributed by atoms with E-state index in [2.05, 4.69) is 18.2 Å². The number of fused-ring (bicyclic) bond motifs is 1. The lowest BCUT2D eigenvalue weighted by molar-refractivity contribution is -0.138.